The minimum Gasteiger partial charge on any atom is -0.494 e. The van der Waals surface area contributed by atoms with Crippen LogP contribution in [0.2, 0.25) is 0 Å². The van der Waals surface area contributed by atoms with Gasteiger partial charge in [0.1, 0.15) is 64.3 Å². The fraction of sp³-hybridized carbons (Fsp3) is 0.461. The number of aromatic amines is 2. The maximum absolute atomic E-state index is 14.4. The highest BCUT2D eigenvalue weighted by Gasteiger charge is 2.36. The number of aryl methyl sites for hydroxylation is 6. The van der Waals surface area contributed by atoms with E-state index >= 15 is 0 Å². The van der Waals surface area contributed by atoms with Crippen LogP contribution in [0.15, 0.2) is 117 Å². The Morgan fingerprint density at radius 3 is 1.21 bits per heavy atom. The van der Waals surface area contributed by atoms with Gasteiger partial charge in [0.05, 0.1) is 47.1 Å². The van der Waals surface area contributed by atoms with E-state index < -0.39 is 209 Å². The first-order valence-corrected chi connectivity index (χ1v) is 51.8. The number of aromatic nitrogens is 6. The van der Waals surface area contributed by atoms with Gasteiger partial charge in [-0.25, -0.2) is 26.8 Å². The van der Waals surface area contributed by atoms with Crippen molar-refractivity contribution in [1.82, 2.24) is 106 Å². The molecule has 0 saturated carbocycles. The van der Waals surface area contributed by atoms with Gasteiger partial charge < -0.3 is 112 Å². The van der Waals surface area contributed by atoms with E-state index in [1.165, 1.54) is 64.4 Å². The normalized spacial score (nSPS) is 14.4. The van der Waals surface area contributed by atoms with Crippen LogP contribution in [0.5, 0.6) is 11.5 Å². The van der Waals surface area contributed by atoms with Gasteiger partial charge in [0.15, 0.2) is 11.9 Å². The lowest BCUT2D eigenvalue weighted by Gasteiger charge is -2.31. The zero-order valence-electron chi connectivity index (χ0n) is 80.7. The Balaban J connectivity index is 0.744. The van der Waals surface area contributed by atoms with E-state index in [1.807, 2.05) is 23.9 Å². The lowest BCUT2D eigenvalue weighted by atomic mass is 10.1. The van der Waals surface area contributed by atoms with Crippen LogP contribution in [-0.2, 0) is 115 Å². The van der Waals surface area contributed by atoms with Crippen LogP contribution in [0.25, 0.3) is 21.8 Å². The molecule has 1 aliphatic heterocycles. The Morgan fingerprint density at radius 1 is 0.441 bits per heavy atom. The first-order valence-electron chi connectivity index (χ1n) is 45.6. The second kappa shape index (κ2) is 53.0. The number of hydrogen-bond donors (Lipinski definition) is 20. The molecular formula is C89H121N23O29S4. The van der Waals surface area contributed by atoms with Gasteiger partial charge in [0.2, 0.25) is 72.3 Å². The van der Waals surface area contributed by atoms with E-state index in [1.54, 1.807) is 94.2 Å². The molecule has 5 heterocycles. The van der Waals surface area contributed by atoms with E-state index in [4.69, 9.17) is 9.47 Å². The van der Waals surface area contributed by atoms with Crippen LogP contribution in [-0.4, -0.2) is 352 Å². The molecule has 4 unspecified atom stereocenters. The molecule has 8 aromatic rings. The summed E-state index contributed by atoms with van der Waals surface area (Å²) in [6.45, 7) is 5.17. The topological polar surface area (TPSA) is 732 Å². The van der Waals surface area contributed by atoms with E-state index in [0.29, 0.717) is 68.7 Å². The molecule has 0 spiro atoms. The van der Waals surface area contributed by atoms with Gasteiger partial charge in [-0.3, -0.25) is 86.0 Å². The van der Waals surface area contributed by atoms with Crippen molar-refractivity contribution in [3.05, 3.63) is 163 Å². The Bertz CT molecular complexity index is 6610. The van der Waals surface area contributed by atoms with Gasteiger partial charge in [-0.2, -0.15) is 26.3 Å². The molecule has 0 radical (unpaired) electrons. The molecule has 1 saturated heterocycles. The molecule has 1 aliphatic rings. The number of carbonyl (C=O) groups excluding carboxylic acids is 9. The van der Waals surface area contributed by atoms with E-state index in [-0.39, 0.29) is 144 Å². The van der Waals surface area contributed by atoms with Crippen LogP contribution >= 0.6 is 0 Å². The Morgan fingerprint density at radius 2 is 0.821 bits per heavy atom. The van der Waals surface area contributed by atoms with Gasteiger partial charge in [-0.05, 0) is 143 Å². The quantitative estimate of drug-likeness (QED) is 0.0131. The number of carboxylic acid groups (broad SMARTS) is 3. The minimum atomic E-state index is -5.16. The number of carbonyl (C=O) groups is 12. The zero-order chi connectivity index (χ0) is 106. The van der Waals surface area contributed by atoms with Crippen LogP contribution in [0.1, 0.15) is 92.6 Å². The molecule has 52 nitrogen and oxygen atoms in total. The van der Waals surface area contributed by atoms with Gasteiger partial charge in [-0.1, -0.05) is 12.1 Å². The number of carboxylic acids is 3. The summed E-state index contributed by atoms with van der Waals surface area (Å²) in [6, 6.07) is 5.40. The lowest BCUT2D eigenvalue weighted by molar-refractivity contribution is -0.139. The summed E-state index contributed by atoms with van der Waals surface area (Å²) in [4.78, 5) is 207. The van der Waals surface area contributed by atoms with Crippen molar-refractivity contribution in [2.45, 2.75) is 119 Å². The molecule has 4 aromatic heterocycles. The number of aliphatic carboxylic acids is 3. The number of likely N-dealkylation sites (N-methyl/N-ethyl adjacent to an activating group) is 2. The van der Waals surface area contributed by atoms with Crippen molar-refractivity contribution < 1.29 is 125 Å². The van der Waals surface area contributed by atoms with Gasteiger partial charge in [-0.15, -0.1) is 0 Å². The van der Waals surface area contributed by atoms with Crippen LogP contribution in [0.3, 0.4) is 0 Å². The van der Waals surface area contributed by atoms with E-state index in [9.17, 15) is 125 Å². The smallest absolute Gasteiger partial charge is 0.323 e. The largest absolute Gasteiger partial charge is 0.494 e. The predicted molar refractivity (Wildman–Crippen MR) is 525 cm³/mol. The number of nitrogens with zero attached hydrogens (tertiary/aromatic N) is 8. The van der Waals surface area contributed by atoms with Gasteiger partial charge in [0, 0.05) is 186 Å². The molecule has 9 amide bonds. The summed E-state index contributed by atoms with van der Waals surface area (Å²) >= 11 is 0. The average molecular weight is 2110 g/mol. The molecule has 0 bridgehead atoms. The number of benzene rings is 4. The van der Waals surface area contributed by atoms with Crippen LogP contribution < -0.4 is 88.3 Å². The maximum atomic E-state index is 14.4. The SMILES string of the molecule is Cc1cc(OCCCC(=O)NCCNC(=O)C(CS(=O)(=O)O)NC(=O)CC[C@H](NC(=O)CN2CCN(C)CCN(C)CCN(CC(=O)O)CC2)C(=O)NC(CS(=O)(=O)O)C(=O)NCCNC(=O)CCCOc2cc(C)c(S(=O)(=O)NC(CNC(=O)c3cn(C)c4cc(CNc5ncc[nH]5)ccc4c3=O)C(=O)O)c(C)c2)cc(C)c1S(=O)(=O)NC(CNC(=O)c1cn(C)c2cc(CNc3ncc[nH]3)ccc2c1=O)C(=O)O. The van der Waals surface area contributed by atoms with Gasteiger partial charge in [0.25, 0.3) is 32.1 Å². The molecule has 1 fully saturated rings. The molecular weight excluding hydrogens is 1980 g/mol. The van der Waals surface area contributed by atoms with Crippen molar-refractivity contribution in [1.29, 1.82) is 0 Å². The second-order valence-corrected chi connectivity index (χ2v) is 40.8. The zero-order valence-corrected chi connectivity index (χ0v) is 83.9. The van der Waals surface area contributed by atoms with Gasteiger partial charge >= 0.3 is 17.9 Å². The molecule has 790 valence electrons. The fourth-order valence-electron chi connectivity index (χ4n) is 15.5. The van der Waals surface area contributed by atoms with Crippen molar-refractivity contribution in [2.24, 2.45) is 14.1 Å². The molecule has 5 atom stereocenters. The molecule has 4 aromatic carbocycles. The Hall–Kier alpha value is -14.0. The highest BCUT2D eigenvalue weighted by molar-refractivity contribution is 7.90. The number of rotatable bonds is 53. The van der Waals surface area contributed by atoms with Crippen molar-refractivity contribution in [3.63, 3.8) is 0 Å². The first-order chi connectivity index (χ1) is 68.4. The third kappa shape index (κ3) is 36.1. The first kappa shape index (κ1) is 115. The number of nitrogens with one attached hydrogen (secondary N) is 15. The minimum absolute atomic E-state index is 0.0509. The number of imidazole rings is 2. The molecule has 0 aliphatic carbocycles. The summed E-state index contributed by atoms with van der Waals surface area (Å²) in [5.74, 6) is -15.0. The number of H-pyrrole nitrogens is 2. The fourth-order valence-corrected chi connectivity index (χ4v) is 20.1. The summed E-state index contributed by atoms with van der Waals surface area (Å²) in [5, 5.41) is 57.7. The van der Waals surface area contributed by atoms with E-state index in [2.05, 4.69) is 87.9 Å². The Kier molecular flexibility index (Phi) is 41.9. The summed E-state index contributed by atoms with van der Waals surface area (Å²) in [6.07, 6.45) is 7.11. The highest BCUT2D eigenvalue weighted by atomic mass is 32.2. The van der Waals surface area contributed by atoms with Crippen molar-refractivity contribution in [2.75, 3.05) is 154 Å². The summed E-state index contributed by atoms with van der Waals surface area (Å²) < 4.78 is 144. The predicted octanol–water partition coefficient (Wildman–Crippen LogP) is -3.32. The summed E-state index contributed by atoms with van der Waals surface area (Å²) in [5.41, 5.74) is 1.03. The number of fused-ring (bicyclic) bond motifs is 2. The van der Waals surface area contributed by atoms with E-state index in [0.717, 1.165) is 11.1 Å². The van der Waals surface area contributed by atoms with Crippen LogP contribution in [0.4, 0.5) is 11.9 Å². The lowest BCUT2D eigenvalue weighted by Crippen LogP contribution is -2.57. The van der Waals surface area contributed by atoms with Crippen molar-refractivity contribution >= 4 is 145 Å². The molecule has 9 rings (SSSR count). The molecule has 56 heteroatoms. The number of pyridine rings is 2. The summed E-state index contributed by atoms with van der Waals surface area (Å²) in [7, 11) is -12.6. The maximum Gasteiger partial charge on any atom is 0.323 e. The number of anilines is 2. The average Bonchev–Trinajstić information content (AvgIpc) is 1.25. The monoisotopic (exact) mass is 2100 g/mol. The third-order valence-electron chi connectivity index (χ3n) is 22.8. The Labute approximate surface area is 833 Å². The second-order valence-electron chi connectivity index (χ2n) is 34.5. The number of sulfonamides is 2. The highest BCUT2D eigenvalue weighted by Crippen LogP contribution is 2.29. The molecule has 20 N–H and O–H groups in total. The standard InChI is InChI=1S/C89H121N23O29S4/c1-53-37-59(38-54(2)79(53)144(136,137)105-66(86(126)127)45-98-81(121)63-47-109(7)70-41-57(13-15-61(70)77(63)119)43-100-88-94-23-24-95-88)140-35-9-11-72(113)90-19-21-92-83(123)68(51-142(130,131)132)103-74(115)18-17-65(102-75(116)49-111-31-29-107(5)27-28-108(6)30-32-112(34-33-111)50-76(117)118)85(125)104-69(52-143(133,134)135)84(124)93-22-20-91-73(114)12-10-36-141-60-39-55(3)80(56(4)40-60)145(138,139)106-67(87(128)129)46-99-82(122)64-48-110(8)71-42-58(14-16-62(71)78(64)120)44-101-89-96-25-26-97-89/h13-16,23-26,37-42,47-48,65-69,105-106H,9-12,17-22,27-36,43-46,49-52H2,1-8H3,(H,90,113)(H,91,114)(H,92,123)(H,93,124)(H,98,121)(H,99,122)(H,102,116)(H,103,115)(H,104,125)(H,117,118)(H,126,127)(H,128,129)(H2,94,95,100)(H2,96,97,101)(H,130,131,132)(H,133,134,135)/t65-,66?,67?,68?,69?/m0/s1. The van der Waals surface area contributed by atoms with Crippen molar-refractivity contribution in [3.8, 4) is 11.5 Å². The number of hydrogen-bond acceptors (Lipinski definition) is 32. The van der Waals surface area contributed by atoms with Crippen LogP contribution in [0, 0.1) is 27.7 Å². The number of amides is 9. The number of ether oxygens (including phenoxy) is 2. The third-order valence-corrected chi connectivity index (χ3v) is 27.9. The molecule has 145 heavy (non-hydrogen) atoms.